The zero-order chi connectivity index (χ0) is 19.6. The van der Waals surface area contributed by atoms with Crippen LogP contribution >= 0.6 is 11.6 Å². The van der Waals surface area contributed by atoms with E-state index in [-0.39, 0.29) is 30.0 Å². The molecule has 2 bridgehead atoms. The minimum Gasteiger partial charge on any atom is -0.496 e. The first kappa shape index (κ1) is 19.8. The van der Waals surface area contributed by atoms with Crippen LogP contribution in [0.15, 0.2) is 12.1 Å². The largest absolute Gasteiger partial charge is 0.496 e. The van der Waals surface area contributed by atoms with Gasteiger partial charge in [0.05, 0.1) is 36.5 Å². The summed E-state index contributed by atoms with van der Waals surface area (Å²) in [6.07, 6.45) is 3.69. The van der Waals surface area contributed by atoms with Gasteiger partial charge in [-0.25, -0.2) is 0 Å². The van der Waals surface area contributed by atoms with Gasteiger partial charge in [0.15, 0.2) is 0 Å². The molecule has 1 aromatic carbocycles. The fourth-order valence-corrected chi connectivity index (χ4v) is 4.35. The van der Waals surface area contributed by atoms with Crippen molar-refractivity contribution in [3.05, 3.63) is 22.7 Å². The van der Waals surface area contributed by atoms with E-state index in [9.17, 15) is 9.59 Å². The van der Waals surface area contributed by atoms with E-state index >= 15 is 0 Å². The number of anilines is 1. The molecule has 0 aromatic heterocycles. The van der Waals surface area contributed by atoms with E-state index in [0.29, 0.717) is 35.2 Å². The van der Waals surface area contributed by atoms with Crippen LogP contribution < -0.4 is 15.8 Å². The first-order chi connectivity index (χ1) is 12.9. The van der Waals surface area contributed by atoms with E-state index in [0.717, 1.165) is 25.7 Å². The molecular weight excluding hydrogens is 370 g/mol. The first-order valence-corrected chi connectivity index (χ1v) is 9.66. The van der Waals surface area contributed by atoms with E-state index in [4.69, 9.17) is 26.8 Å². The molecule has 0 spiro atoms. The van der Waals surface area contributed by atoms with Crippen LogP contribution in [0.1, 0.15) is 43.0 Å². The Morgan fingerprint density at radius 1 is 1.30 bits per heavy atom. The number of methoxy groups -OCH3 is 1. The monoisotopic (exact) mass is 395 g/mol. The third-order valence-corrected chi connectivity index (χ3v) is 5.73. The lowest BCUT2D eigenvalue weighted by Crippen LogP contribution is -2.51. The fourth-order valence-electron chi connectivity index (χ4n) is 4.18. The highest BCUT2D eigenvalue weighted by atomic mass is 35.5. The van der Waals surface area contributed by atoms with E-state index in [1.807, 2.05) is 6.92 Å². The number of rotatable bonds is 6. The summed E-state index contributed by atoms with van der Waals surface area (Å²) in [6, 6.07) is 3.72. The molecule has 1 unspecified atom stereocenters. The molecule has 2 saturated heterocycles. The third kappa shape index (κ3) is 4.30. The number of amides is 1. The van der Waals surface area contributed by atoms with Gasteiger partial charge >= 0.3 is 5.97 Å². The van der Waals surface area contributed by atoms with E-state index in [1.165, 1.54) is 13.2 Å². The highest BCUT2D eigenvalue weighted by Crippen LogP contribution is 2.36. The summed E-state index contributed by atoms with van der Waals surface area (Å²) in [5, 5.41) is 3.42. The number of halogens is 1. The smallest absolute Gasteiger partial charge is 0.320 e. The molecule has 8 heteroatoms. The second-order valence-corrected chi connectivity index (χ2v) is 7.49. The molecule has 27 heavy (non-hydrogen) atoms. The molecule has 3 rings (SSSR count). The number of nitrogens with two attached hydrogens (primary N) is 1. The number of fused-ring (bicyclic) bond motifs is 2. The Labute approximate surface area is 164 Å². The summed E-state index contributed by atoms with van der Waals surface area (Å²) in [6.45, 7) is 2.53. The Balaban J connectivity index is 1.64. The molecule has 7 nitrogen and oxygen atoms in total. The summed E-state index contributed by atoms with van der Waals surface area (Å²) in [5.41, 5.74) is 6.53. The van der Waals surface area contributed by atoms with Gasteiger partial charge in [-0.3, -0.25) is 14.5 Å². The molecule has 2 fully saturated rings. The van der Waals surface area contributed by atoms with Gasteiger partial charge in [-0.1, -0.05) is 11.6 Å². The highest BCUT2D eigenvalue weighted by molar-refractivity contribution is 6.33. The summed E-state index contributed by atoms with van der Waals surface area (Å²) in [7, 11) is 1.49. The predicted molar refractivity (Wildman–Crippen MR) is 103 cm³/mol. The lowest BCUT2D eigenvalue weighted by molar-refractivity contribution is -0.145. The minimum absolute atomic E-state index is 0.0504. The van der Waals surface area contributed by atoms with Gasteiger partial charge in [0.1, 0.15) is 5.75 Å². The van der Waals surface area contributed by atoms with Crippen molar-refractivity contribution in [1.29, 1.82) is 0 Å². The molecule has 148 valence electrons. The Morgan fingerprint density at radius 3 is 2.56 bits per heavy atom. The van der Waals surface area contributed by atoms with Crippen molar-refractivity contribution in [3.8, 4) is 5.75 Å². The average Bonchev–Trinajstić information content (AvgIpc) is 2.86. The molecule has 0 aliphatic carbocycles. The zero-order valence-electron chi connectivity index (χ0n) is 15.7. The normalized spacial score (nSPS) is 24.5. The summed E-state index contributed by atoms with van der Waals surface area (Å²) in [4.78, 5) is 26.8. The number of benzene rings is 1. The second-order valence-electron chi connectivity index (χ2n) is 7.08. The molecule has 1 amide bonds. The average molecular weight is 396 g/mol. The molecule has 0 radical (unpaired) electrons. The van der Waals surface area contributed by atoms with Gasteiger partial charge in [0, 0.05) is 24.2 Å². The van der Waals surface area contributed by atoms with Crippen molar-refractivity contribution in [2.75, 3.05) is 26.0 Å². The van der Waals surface area contributed by atoms with Gasteiger partial charge in [-0.05, 0) is 38.7 Å². The molecular formula is C19H26ClN3O4. The lowest BCUT2D eigenvalue weighted by atomic mass is 9.96. The maximum Gasteiger partial charge on any atom is 0.320 e. The molecule has 3 N–H and O–H groups in total. The number of carbonyl (C=O) groups is 2. The summed E-state index contributed by atoms with van der Waals surface area (Å²) < 4.78 is 10.3. The number of nitrogen functional groups attached to an aromatic ring is 1. The van der Waals surface area contributed by atoms with E-state index in [2.05, 4.69) is 10.2 Å². The van der Waals surface area contributed by atoms with E-state index < -0.39 is 0 Å². The molecule has 0 saturated carbocycles. The Morgan fingerprint density at radius 2 is 1.96 bits per heavy atom. The van der Waals surface area contributed by atoms with Crippen molar-refractivity contribution in [2.24, 2.45) is 0 Å². The molecule has 2 heterocycles. The molecule has 2 aliphatic heterocycles. The van der Waals surface area contributed by atoms with E-state index in [1.54, 1.807) is 6.07 Å². The number of esters is 1. The van der Waals surface area contributed by atoms with Gasteiger partial charge in [-0.2, -0.15) is 0 Å². The molecule has 2 aliphatic rings. The minimum atomic E-state index is -0.225. The van der Waals surface area contributed by atoms with Crippen LogP contribution in [0.25, 0.3) is 0 Å². The third-order valence-electron chi connectivity index (χ3n) is 5.40. The number of hydrogen-bond donors (Lipinski definition) is 2. The summed E-state index contributed by atoms with van der Waals surface area (Å²) in [5.74, 6) is -0.00718. The summed E-state index contributed by atoms with van der Waals surface area (Å²) >= 11 is 6.07. The quantitative estimate of drug-likeness (QED) is 0.566. The second kappa shape index (κ2) is 8.35. The van der Waals surface area contributed by atoms with Crippen LogP contribution in [0.3, 0.4) is 0 Å². The standard InChI is InChI=1S/C19H26ClN3O4/c1-3-27-18(24)10-23-12-4-5-13(23)7-11(6-12)22-19(25)14-8-15(20)16(21)9-17(14)26-2/h8-9,11-13H,3-7,10,21H2,1-2H3,(H,22,25)/t11?,12-,13+. The SMILES string of the molecule is CCOC(=O)CN1[C@@H]2CC[C@H]1CC(NC(=O)c1cc(Cl)c(N)cc1OC)C2. The van der Waals surface area contributed by atoms with Gasteiger partial charge in [-0.15, -0.1) is 0 Å². The number of hydrogen-bond acceptors (Lipinski definition) is 6. The topological polar surface area (TPSA) is 93.9 Å². The van der Waals surface area contributed by atoms with Crippen LogP contribution in [0.4, 0.5) is 5.69 Å². The van der Waals surface area contributed by atoms with Gasteiger partial charge in [0.25, 0.3) is 5.91 Å². The number of nitrogens with one attached hydrogen (secondary N) is 1. The van der Waals surface area contributed by atoms with Crippen LogP contribution in [0.2, 0.25) is 5.02 Å². The van der Waals surface area contributed by atoms with Crippen LogP contribution in [-0.2, 0) is 9.53 Å². The van der Waals surface area contributed by atoms with Crippen molar-refractivity contribution >= 4 is 29.2 Å². The van der Waals surface area contributed by atoms with Gasteiger partial charge < -0.3 is 20.5 Å². The Kier molecular flexibility index (Phi) is 6.11. The Hall–Kier alpha value is -1.99. The first-order valence-electron chi connectivity index (χ1n) is 9.28. The van der Waals surface area contributed by atoms with Crippen molar-refractivity contribution in [1.82, 2.24) is 10.2 Å². The lowest BCUT2D eigenvalue weighted by Gasteiger charge is -2.38. The van der Waals surface area contributed by atoms with Gasteiger partial charge in [0.2, 0.25) is 0 Å². The molecule has 1 aromatic rings. The van der Waals surface area contributed by atoms with Crippen LogP contribution in [0.5, 0.6) is 5.75 Å². The number of nitrogens with zero attached hydrogens (tertiary/aromatic N) is 1. The maximum absolute atomic E-state index is 12.8. The highest BCUT2D eigenvalue weighted by Gasteiger charge is 2.42. The van der Waals surface area contributed by atoms with Crippen LogP contribution in [0, 0.1) is 0 Å². The van der Waals surface area contributed by atoms with Crippen molar-refractivity contribution in [3.63, 3.8) is 0 Å². The number of carbonyl (C=O) groups excluding carboxylic acids is 2. The van der Waals surface area contributed by atoms with Crippen molar-refractivity contribution in [2.45, 2.75) is 50.7 Å². The van der Waals surface area contributed by atoms with Crippen LogP contribution in [-0.4, -0.2) is 55.2 Å². The number of piperidine rings is 1. The Bertz CT molecular complexity index is 713. The number of ether oxygens (including phenoxy) is 2. The van der Waals surface area contributed by atoms with Crippen molar-refractivity contribution < 1.29 is 19.1 Å². The molecule has 3 atom stereocenters. The maximum atomic E-state index is 12.8. The predicted octanol–water partition coefficient (Wildman–Crippen LogP) is 2.22. The fraction of sp³-hybridized carbons (Fsp3) is 0.579. The zero-order valence-corrected chi connectivity index (χ0v) is 16.4.